The number of nitriles is 1. The number of para-hydroxylation sites is 1. The van der Waals surface area contributed by atoms with Crippen LogP contribution in [0.25, 0.3) is 0 Å². The monoisotopic (exact) mass is 577 g/mol. The van der Waals surface area contributed by atoms with Gasteiger partial charge in [0, 0.05) is 23.7 Å². The van der Waals surface area contributed by atoms with Crippen molar-refractivity contribution in [1.29, 1.82) is 5.26 Å². The Morgan fingerprint density at radius 3 is 2.39 bits per heavy atom. The van der Waals surface area contributed by atoms with Crippen molar-refractivity contribution in [3.63, 3.8) is 0 Å². The van der Waals surface area contributed by atoms with Crippen molar-refractivity contribution in [2.75, 3.05) is 32.2 Å². The molecule has 11 nitrogen and oxygen atoms in total. The second kappa shape index (κ2) is 10.4. The molecule has 12 heteroatoms. The minimum absolute atomic E-state index is 0.00573. The Balaban J connectivity index is 1.87. The van der Waals surface area contributed by atoms with Crippen LogP contribution in [0.3, 0.4) is 0 Å². The molecule has 41 heavy (non-hydrogen) atoms. The van der Waals surface area contributed by atoms with E-state index in [0.717, 1.165) is 0 Å². The Morgan fingerprint density at radius 1 is 1.00 bits per heavy atom. The largest absolute Gasteiger partial charge is 0.497 e. The zero-order valence-corrected chi connectivity index (χ0v) is 23.3. The van der Waals surface area contributed by atoms with E-state index in [1.54, 1.807) is 24.3 Å². The zero-order chi connectivity index (χ0) is 29.5. The van der Waals surface area contributed by atoms with Gasteiger partial charge in [-0.2, -0.15) is 5.26 Å². The summed E-state index contributed by atoms with van der Waals surface area (Å²) in [5, 5.41) is 20.0. The maximum atomic E-state index is 15.0. The van der Waals surface area contributed by atoms with Crippen LogP contribution in [-0.2, 0) is 25.2 Å². The van der Waals surface area contributed by atoms with Crippen LogP contribution < -0.4 is 18.5 Å². The number of carbonyl (C=O) groups is 2. The lowest BCUT2D eigenvalue weighted by Crippen LogP contribution is -2.58. The number of ether oxygens (including phenoxy) is 3. The van der Waals surface area contributed by atoms with Gasteiger partial charge in [-0.1, -0.05) is 18.2 Å². The van der Waals surface area contributed by atoms with E-state index in [2.05, 4.69) is 6.07 Å². The molecule has 2 heterocycles. The number of anilines is 1. The quantitative estimate of drug-likeness (QED) is 0.424. The highest BCUT2D eigenvalue weighted by molar-refractivity contribution is 7.93. The second-order valence-electron chi connectivity index (χ2n) is 9.54. The first-order valence-electron chi connectivity index (χ1n) is 12.7. The van der Waals surface area contributed by atoms with Crippen LogP contribution >= 0.6 is 0 Å². The molecule has 0 spiro atoms. The van der Waals surface area contributed by atoms with Crippen molar-refractivity contribution in [3.8, 4) is 23.3 Å². The van der Waals surface area contributed by atoms with E-state index in [1.165, 1.54) is 62.6 Å². The van der Waals surface area contributed by atoms with E-state index in [9.17, 15) is 28.4 Å². The fourth-order valence-electron chi connectivity index (χ4n) is 5.83. The van der Waals surface area contributed by atoms with Crippen LogP contribution in [0.2, 0.25) is 0 Å². The first kappa shape index (κ1) is 27.9. The summed E-state index contributed by atoms with van der Waals surface area (Å²) in [6.07, 6.45) is 0.694. The highest BCUT2D eigenvalue weighted by atomic mass is 32.2. The molecule has 1 amide bonds. The average molecular weight is 578 g/mol. The van der Waals surface area contributed by atoms with Gasteiger partial charge < -0.3 is 19.3 Å². The molecule has 1 fully saturated rings. The summed E-state index contributed by atoms with van der Waals surface area (Å²) in [5.41, 5.74) is -1.36. The number of carboxylic acid groups (broad SMARTS) is 1. The van der Waals surface area contributed by atoms with Gasteiger partial charge in [0.25, 0.3) is 15.9 Å². The number of amides is 1. The van der Waals surface area contributed by atoms with E-state index in [-0.39, 0.29) is 51.7 Å². The molecular weight excluding hydrogens is 550 g/mol. The number of carboxylic acids is 1. The summed E-state index contributed by atoms with van der Waals surface area (Å²) >= 11 is 0. The Kier molecular flexibility index (Phi) is 7.10. The number of nitrogens with zero attached hydrogens (tertiary/aromatic N) is 3. The minimum Gasteiger partial charge on any atom is -0.497 e. The van der Waals surface area contributed by atoms with Gasteiger partial charge in [-0.05, 0) is 49.2 Å². The van der Waals surface area contributed by atoms with Crippen molar-refractivity contribution in [3.05, 3.63) is 77.4 Å². The lowest BCUT2D eigenvalue weighted by atomic mass is 9.80. The van der Waals surface area contributed by atoms with Gasteiger partial charge >= 0.3 is 5.97 Å². The molecule has 0 bridgehead atoms. The zero-order valence-electron chi connectivity index (χ0n) is 22.5. The molecule has 2 atom stereocenters. The van der Waals surface area contributed by atoms with Crippen LogP contribution in [0.15, 0.2) is 65.6 Å². The molecule has 0 radical (unpaired) electrons. The maximum absolute atomic E-state index is 15.0. The number of carbonyl (C=O) groups excluding carboxylic acids is 1. The summed E-state index contributed by atoms with van der Waals surface area (Å²) in [4.78, 5) is 28.7. The summed E-state index contributed by atoms with van der Waals surface area (Å²) in [7, 11) is -0.516. The normalized spacial score (nSPS) is 20.4. The van der Waals surface area contributed by atoms with Crippen LogP contribution in [0.1, 0.15) is 29.5 Å². The first-order chi connectivity index (χ1) is 19.7. The predicted octanol–water partition coefficient (Wildman–Crippen LogP) is 3.11. The standard InChI is InChI=1S/C29H27N3O8S/c1-38-19-11-13-26(25(16-19)40-3)41(36,37)32-22-12-10-18(17-30)15-21(22)29(28(32)35,20-7-4-5-9-24(20)39-2)31-14-6-8-23(31)27(33)34/h4-5,7,9-13,15-16,23H,6,8,14H2,1-3H3,(H,33,34)/t23-,29?/m0/s1. The highest BCUT2D eigenvalue weighted by Gasteiger charge is 2.63. The molecular formula is C29H27N3O8S. The third kappa shape index (κ3) is 4.08. The van der Waals surface area contributed by atoms with Gasteiger partial charge in [0.1, 0.15) is 28.2 Å². The van der Waals surface area contributed by atoms with Crippen LogP contribution in [-0.4, -0.2) is 64.2 Å². The molecule has 0 aliphatic carbocycles. The number of hydrogen-bond donors (Lipinski definition) is 1. The van der Waals surface area contributed by atoms with E-state index in [4.69, 9.17) is 14.2 Å². The van der Waals surface area contributed by atoms with Gasteiger partial charge in [-0.3, -0.25) is 14.5 Å². The summed E-state index contributed by atoms with van der Waals surface area (Å²) in [6.45, 7) is 0.177. The van der Waals surface area contributed by atoms with Gasteiger partial charge in [0.2, 0.25) is 0 Å². The molecule has 3 aromatic rings. The number of likely N-dealkylation sites (tertiary alicyclic amines) is 1. The summed E-state index contributed by atoms with van der Waals surface area (Å²) in [6, 6.07) is 15.9. The van der Waals surface area contributed by atoms with Crippen molar-refractivity contribution in [2.45, 2.75) is 29.3 Å². The SMILES string of the molecule is COc1ccc(S(=O)(=O)N2C(=O)C(c3ccccc3OC)(N3CCC[C@H]3C(=O)O)c3cc(C#N)ccc32)c(OC)c1. The smallest absolute Gasteiger partial charge is 0.320 e. The highest BCUT2D eigenvalue weighted by Crippen LogP contribution is 2.54. The topological polar surface area (TPSA) is 146 Å². The number of sulfonamides is 1. The summed E-state index contributed by atoms with van der Waals surface area (Å²) < 4.78 is 45.7. The number of rotatable bonds is 8. The van der Waals surface area contributed by atoms with E-state index in [1.807, 2.05) is 0 Å². The third-order valence-corrected chi connectivity index (χ3v) is 9.32. The molecule has 2 aliphatic rings. The van der Waals surface area contributed by atoms with Crippen molar-refractivity contribution in [1.82, 2.24) is 4.90 Å². The van der Waals surface area contributed by atoms with Gasteiger partial charge in [0.05, 0.1) is 38.6 Å². The molecule has 3 aromatic carbocycles. The molecule has 1 saturated heterocycles. The minimum atomic E-state index is -4.65. The molecule has 1 unspecified atom stereocenters. The average Bonchev–Trinajstić information content (AvgIpc) is 3.57. The molecule has 1 N–H and O–H groups in total. The van der Waals surface area contributed by atoms with E-state index >= 15 is 0 Å². The fraction of sp³-hybridized carbons (Fsp3) is 0.276. The lowest BCUT2D eigenvalue weighted by molar-refractivity contribution is -0.145. The van der Waals surface area contributed by atoms with E-state index < -0.39 is 33.5 Å². The van der Waals surface area contributed by atoms with E-state index in [0.29, 0.717) is 16.5 Å². The van der Waals surface area contributed by atoms with Gasteiger partial charge in [-0.25, -0.2) is 12.7 Å². The van der Waals surface area contributed by atoms with Gasteiger partial charge in [-0.15, -0.1) is 0 Å². The number of benzene rings is 3. The Bertz CT molecular complexity index is 1700. The Morgan fingerprint density at radius 2 is 1.73 bits per heavy atom. The number of aliphatic carboxylic acids is 1. The molecule has 0 saturated carbocycles. The van der Waals surface area contributed by atoms with Crippen LogP contribution in [0.5, 0.6) is 17.2 Å². The van der Waals surface area contributed by atoms with Crippen molar-refractivity contribution >= 4 is 27.6 Å². The van der Waals surface area contributed by atoms with Crippen molar-refractivity contribution < 1.29 is 37.3 Å². The molecule has 2 aliphatic heterocycles. The third-order valence-electron chi connectivity index (χ3n) is 7.58. The van der Waals surface area contributed by atoms with Crippen molar-refractivity contribution in [2.24, 2.45) is 0 Å². The molecule has 5 rings (SSSR count). The second-order valence-corrected chi connectivity index (χ2v) is 11.3. The summed E-state index contributed by atoms with van der Waals surface area (Å²) in [5.74, 6) is -1.52. The number of fused-ring (bicyclic) bond motifs is 1. The fourth-order valence-corrected chi connectivity index (χ4v) is 7.43. The first-order valence-corrected chi connectivity index (χ1v) is 14.1. The maximum Gasteiger partial charge on any atom is 0.320 e. The molecule has 0 aromatic heterocycles. The lowest BCUT2D eigenvalue weighted by Gasteiger charge is -2.40. The Labute approximate surface area is 237 Å². The van der Waals surface area contributed by atoms with Gasteiger partial charge in [0.15, 0.2) is 5.54 Å². The Hall–Kier alpha value is -4.60. The van der Waals surface area contributed by atoms with Crippen LogP contribution in [0.4, 0.5) is 5.69 Å². The number of methoxy groups -OCH3 is 3. The molecule has 212 valence electrons. The predicted molar refractivity (Wildman–Crippen MR) is 147 cm³/mol. The number of hydrogen-bond acceptors (Lipinski definition) is 9. The van der Waals surface area contributed by atoms with Crippen LogP contribution in [0, 0.1) is 11.3 Å².